The van der Waals surface area contributed by atoms with E-state index in [-0.39, 0.29) is 11.9 Å². The van der Waals surface area contributed by atoms with Gasteiger partial charge >= 0.3 is 0 Å². The number of carbonyl (C=O) groups is 1. The molecule has 0 bridgehead atoms. The third-order valence-corrected chi connectivity index (χ3v) is 4.94. The summed E-state index contributed by atoms with van der Waals surface area (Å²) in [6.45, 7) is 1.86. The van der Waals surface area contributed by atoms with E-state index in [1.54, 1.807) is 11.9 Å². The molecule has 6 heteroatoms. The van der Waals surface area contributed by atoms with E-state index >= 15 is 0 Å². The third kappa shape index (κ3) is 2.74. The van der Waals surface area contributed by atoms with E-state index in [0.717, 1.165) is 30.1 Å². The fraction of sp³-hybridized carbons (Fsp3) is 0.692. The molecule has 1 aliphatic rings. The van der Waals surface area contributed by atoms with Gasteiger partial charge in [-0.05, 0) is 26.2 Å². The summed E-state index contributed by atoms with van der Waals surface area (Å²) in [5.74, 6) is -0.0333. The zero-order valence-electron chi connectivity index (χ0n) is 11.9. The first-order chi connectivity index (χ1) is 8.91. The number of hydrogen-bond acceptors (Lipinski definition) is 5. The topological polar surface area (TPSA) is 56.7 Å². The van der Waals surface area contributed by atoms with Gasteiger partial charge < -0.3 is 14.9 Å². The second kappa shape index (κ2) is 5.46. The predicted molar refractivity (Wildman–Crippen MR) is 76.9 cm³/mol. The van der Waals surface area contributed by atoms with Crippen LogP contribution in [0.5, 0.6) is 0 Å². The van der Waals surface area contributed by atoms with Gasteiger partial charge in [0.05, 0.1) is 17.8 Å². The first kappa shape index (κ1) is 14.3. The number of likely N-dealkylation sites (N-methyl/N-ethyl adjacent to an activating group) is 1. The second-order valence-corrected chi connectivity index (χ2v) is 6.26. The molecule has 1 amide bonds. The number of nitrogens with zero attached hydrogens (tertiary/aromatic N) is 3. The Morgan fingerprint density at radius 3 is 2.53 bits per heavy atom. The lowest BCUT2D eigenvalue weighted by Crippen LogP contribution is -2.41. The lowest BCUT2D eigenvalue weighted by atomic mass is 10.2. The van der Waals surface area contributed by atoms with Crippen LogP contribution in [0, 0.1) is 6.92 Å². The Labute approximate surface area is 117 Å². The number of rotatable bonds is 3. The summed E-state index contributed by atoms with van der Waals surface area (Å²) in [5.41, 5.74) is 0.762. The highest BCUT2D eigenvalue weighted by Crippen LogP contribution is 2.29. The van der Waals surface area contributed by atoms with E-state index in [0.29, 0.717) is 4.88 Å². The van der Waals surface area contributed by atoms with Crippen LogP contribution in [0.3, 0.4) is 0 Å². The number of aryl methyl sites for hydroxylation is 1. The Morgan fingerprint density at radius 2 is 2.05 bits per heavy atom. The Hall–Kier alpha value is -1.14. The van der Waals surface area contributed by atoms with Crippen LogP contribution in [-0.2, 0) is 0 Å². The Kier molecular flexibility index (Phi) is 4.10. The van der Waals surface area contributed by atoms with Gasteiger partial charge in [-0.2, -0.15) is 0 Å². The van der Waals surface area contributed by atoms with Gasteiger partial charge in [-0.25, -0.2) is 4.98 Å². The van der Waals surface area contributed by atoms with Gasteiger partial charge in [-0.1, -0.05) is 11.3 Å². The molecule has 1 aromatic rings. The van der Waals surface area contributed by atoms with Crippen molar-refractivity contribution in [3.05, 3.63) is 10.6 Å². The van der Waals surface area contributed by atoms with E-state index < -0.39 is 6.10 Å². The monoisotopic (exact) mass is 283 g/mol. The van der Waals surface area contributed by atoms with E-state index in [1.165, 1.54) is 11.3 Å². The third-order valence-electron chi connectivity index (χ3n) is 3.62. The summed E-state index contributed by atoms with van der Waals surface area (Å²) in [5, 5.41) is 10.7. The maximum atomic E-state index is 12.5. The average Bonchev–Trinajstić information content (AvgIpc) is 2.93. The molecule has 1 aliphatic carbocycles. The minimum Gasteiger partial charge on any atom is -0.391 e. The smallest absolute Gasteiger partial charge is 0.266 e. The van der Waals surface area contributed by atoms with Crippen LogP contribution >= 0.6 is 11.3 Å². The molecule has 1 fully saturated rings. The molecule has 1 saturated carbocycles. The van der Waals surface area contributed by atoms with Gasteiger partial charge in [-0.3, -0.25) is 4.79 Å². The second-order valence-electron chi connectivity index (χ2n) is 5.29. The van der Waals surface area contributed by atoms with Crippen molar-refractivity contribution in [2.75, 3.05) is 26.0 Å². The fourth-order valence-corrected chi connectivity index (χ4v) is 3.43. The van der Waals surface area contributed by atoms with Crippen molar-refractivity contribution in [2.24, 2.45) is 0 Å². The van der Waals surface area contributed by atoms with Crippen molar-refractivity contribution in [1.29, 1.82) is 0 Å². The predicted octanol–water partition coefficient (Wildman–Crippen LogP) is 1.50. The largest absolute Gasteiger partial charge is 0.391 e. The zero-order chi connectivity index (χ0) is 14.2. The summed E-state index contributed by atoms with van der Waals surface area (Å²) in [6.07, 6.45) is 2.25. The molecule has 0 spiro atoms. The van der Waals surface area contributed by atoms with E-state index in [4.69, 9.17) is 0 Å². The number of aromatic nitrogens is 1. The molecule has 106 valence electrons. The summed E-state index contributed by atoms with van der Waals surface area (Å²) in [4.78, 5) is 21.1. The summed E-state index contributed by atoms with van der Waals surface area (Å²) in [7, 11) is 5.60. The highest BCUT2D eigenvalue weighted by atomic mass is 32.1. The van der Waals surface area contributed by atoms with Gasteiger partial charge in [0, 0.05) is 21.1 Å². The molecule has 0 saturated heterocycles. The Bertz CT molecular complexity index is 472. The standard InChI is InChI=1S/C13H21N3O2S/c1-8-11(19-13(14-8)15(2)3)12(18)16(4)9-6-5-7-10(9)17/h9-10,17H,5-7H2,1-4H3/t9-,10-/m1/s1. The lowest BCUT2D eigenvalue weighted by Gasteiger charge is -2.26. The SMILES string of the molecule is Cc1nc(N(C)C)sc1C(=O)N(C)[C@@H]1CCC[C@H]1O. The molecule has 0 unspecified atom stereocenters. The van der Waals surface area contributed by atoms with Crippen molar-refractivity contribution >= 4 is 22.4 Å². The lowest BCUT2D eigenvalue weighted by molar-refractivity contribution is 0.0542. The number of aliphatic hydroxyl groups is 1. The van der Waals surface area contributed by atoms with Gasteiger partial charge in [0.25, 0.3) is 5.91 Å². The zero-order valence-corrected chi connectivity index (χ0v) is 12.7. The van der Waals surface area contributed by atoms with Crippen LogP contribution in [0.15, 0.2) is 0 Å². The summed E-state index contributed by atoms with van der Waals surface area (Å²) in [6, 6.07) is -0.0585. The van der Waals surface area contributed by atoms with Crippen molar-refractivity contribution in [3.63, 3.8) is 0 Å². The number of anilines is 1. The van der Waals surface area contributed by atoms with Crippen LogP contribution in [0.2, 0.25) is 0 Å². The molecule has 1 heterocycles. The van der Waals surface area contributed by atoms with Crippen LogP contribution in [0.25, 0.3) is 0 Å². The normalized spacial score (nSPS) is 22.6. The van der Waals surface area contributed by atoms with Crippen molar-refractivity contribution in [3.8, 4) is 0 Å². The van der Waals surface area contributed by atoms with Gasteiger partial charge in [0.15, 0.2) is 5.13 Å². The number of carbonyl (C=O) groups excluding carboxylic acids is 1. The molecular formula is C13H21N3O2S. The van der Waals surface area contributed by atoms with Crippen molar-refractivity contribution in [1.82, 2.24) is 9.88 Å². The average molecular weight is 283 g/mol. The van der Waals surface area contributed by atoms with Crippen LogP contribution in [0.1, 0.15) is 34.6 Å². The van der Waals surface area contributed by atoms with Crippen molar-refractivity contribution < 1.29 is 9.90 Å². The molecule has 2 atom stereocenters. The molecule has 1 aromatic heterocycles. The maximum Gasteiger partial charge on any atom is 0.266 e. The number of hydrogen-bond donors (Lipinski definition) is 1. The summed E-state index contributed by atoms with van der Waals surface area (Å²) >= 11 is 1.41. The minimum absolute atomic E-state index is 0.0333. The van der Waals surface area contributed by atoms with E-state index in [1.807, 2.05) is 25.9 Å². The van der Waals surface area contributed by atoms with Crippen LogP contribution < -0.4 is 4.90 Å². The van der Waals surface area contributed by atoms with E-state index in [2.05, 4.69) is 4.98 Å². The molecule has 2 rings (SSSR count). The Balaban J connectivity index is 2.19. The fourth-order valence-electron chi connectivity index (χ4n) is 2.46. The first-order valence-corrected chi connectivity index (χ1v) is 7.33. The summed E-state index contributed by atoms with van der Waals surface area (Å²) < 4.78 is 0. The van der Waals surface area contributed by atoms with Gasteiger partial charge in [-0.15, -0.1) is 0 Å². The number of thiazole rings is 1. The highest BCUT2D eigenvalue weighted by molar-refractivity contribution is 7.17. The van der Waals surface area contributed by atoms with Gasteiger partial charge in [0.1, 0.15) is 4.88 Å². The molecule has 0 radical (unpaired) electrons. The van der Waals surface area contributed by atoms with E-state index in [9.17, 15) is 9.90 Å². The molecule has 1 N–H and O–H groups in total. The number of aliphatic hydroxyl groups excluding tert-OH is 1. The highest BCUT2D eigenvalue weighted by Gasteiger charge is 2.33. The number of amides is 1. The molecule has 0 aromatic carbocycles. The molecule has 19 heavy (non-hydrogen) atoms. The van der Waals surface area contributed by atoms with Crippen LogP contribution in [0.4, 0.5) is 5.13 Å². The van der Waals surface area contributed by atoms with Gasteiger partial charge in [0.2, 0.25) is 0 Å². The Morgan fingerprint density at radius 1 is 1.37 bits per heavy atom. The van der Waals surface area contributed by atoms with Crippen LogP contribution in [-0.4, -0.2) is 54.2 Å². The minimum atomic E-state index is -0.393. The molecular weight excluding hydrogens is 262 g/mol. The first-order valence-electron chi connectivity index (χ1n) is 6.51. The molecule has 0 aliphatic heterocycles. The maximum absolute atomic E-state index is 12.5. The molecule has 5 nitrogen and oxygen atoms in total. The quantitative estimate of drug-likeness (QED) is 0.913. The van der Waals surface area contributed by atoms with Crippen molar-refractivity contribution in [2.45, 2.75) is 38.3 Å².